The summed E-state index contributed by atoms with van der Waals surface area (Å²) in [7, 11) is -4.01. The molecule has 1 unspecified atom stereocenters. The number of anilines is 2. The van der Waals surface area contributed by atoms with Crippen LogP contribution < -0.4 is 14.9 Å². The lowest BCUT2D eigenvalue weighted by Gasteiger charge is -2.32. The van der Waals surface area contributed by atoms with Gasteiger partial charge in [-0.1, -0.05) is 0 Å². The number of hydrogen-bond acceptors (Lipinski definition) is 5. The molecule has 1 aliphatic rings. The zero-order valence-corrected chi connectivity index (χ0v) is 16.7. The second-order valence-electron chi connectivity index (χ2n) is 6.77. The number of carbonyl (C=O) groups is 1. The maximum absolute atomic E-state index is 13.3. The predicted octanol–water partition coefficient (Wildman–Crippen LogP) is 2.51. The Morgan fingerprint density at radius 2 is 2.03 bits per heavy atom. The molecule has 0 bridgehead atoms. The highest BCUT2D eigenvalue weighted by Crippen LogP contribution is 2.24. The average molecular weight is 424 g/mol. The quantitative estimate of drug-likeness (QED) is 0.744. The van der Waals surface area contributed by atoms with Gasteiger partial charge in [0.05, 0.1) is 11.6 Å². The zero-order chi connectivity index (χ0) is 21.0. The van der Waals surface area contributed by atoms with Gasteiger partial charge in [-0.25, -0.2) is 22.2 Å². The highest BCUT2D eigenvalue weighted by atomic mass is 32.2. The average Bonchev–Trinajstić information content (AvgIpc) is 2.71. The summed E-state index contributed by atoms with van der Waals surface area (Å²) in [5, 5.41) is 2.82. The Hall–Kier alpha value is -2.75. The van der Waals surface area contributed by atoms with Gasteiger partial charge in [0, 0.05) is 31.9 Å². The molecule has 1 fully saturated rings. The Morgan fingerprint density at radius 1 is 1.24 bits per heavy atom. The summed E-state index contributed by atoms with van der Waals surface area (Å²) in [5.41, 5.74) is -0.0891. The number of hydrogen-bond donors (Lipinski definition) is 2. The topological polar surface area (TPSA) is 91.4 Å². The van der Waals surface area contributed by atoms with Gasteiger partial charge in [-0.05, 0) is 44.0 Å². The molecule has 1 saturated heterocycles. The summed E-state index contributed by atoms with van der Waals surface area (Å²) >= 11 is 0. The number of nitrogens with zero attached hydrogens (tertiary/aromatic N) is 2. The van der Waals surface area contributed by atoms with Gasteiger partial charge in [0.1, 0.15) is 10.7 Å². The van der Waals surface area contributed by atoms with E-state index in [1.54, 1.807) is 6.07 Å². The summed E-state index contributed by atoms with van der Waals surface area (Å²) in [4.78, 5) is 18.1. The fourth-order valence-corrected chi connectivity index (χ4v) is 4.20. The number of rotatable bonds is 6. The van der Waals surface area contributed by atoms with Crippen LogP contribution in [0.25, 0.3) is 0 Å². The van der Waals surface area contributed by atoms with E-state index in [1.807, 2.05) is 11.8 Å². The molecule has 2 N–H and O–H groups in total. The lowest BCUT2D eigenvalue weighted by atomic mass is 9.97. The van der Waals surface area contributed by atoms with Crippen LogP contribution in [0.5, 0.6) is 0 Å². The molecule has 29 heavy (non-hydrogen) atoms. The molecule has 2 aromatic rings. The Labute approximate surface area is 168 Å². The van der Waals surface area contributed by atoms with E-state index in [1.165, 1.54) is 12.3 Å². The van der Waals surface area contributed by atoms with Crippen LogP contribution in [0.2, 0.25) is 0 Å². The molecular formula is C19H22F2N4O3S. The van der Waals surface area contributed by atoms with E-state index in [2.05, 4.69) is 15.0 Å². The van der Waals surface area contributed by atoms with Crippen LogP contribution in [0.3, 0.4) is 0 Å². The number of carbonyl (C=O) groups excluding carboxylic acids is 1. The molecule has 1 aromatic carbocycles. The van der Waals surface area contributed by atoms with Crippen molar-refractivity contribution in [2.45, 2.75) is 24.7 Å². The molecule has 0 radical (unpaired) electrons. The minimum atomic E-state index is -4.01. The van der Waals surface area contributed by atoms with Crippen molar-refractivity contribution >= 4 is 27.4 Å². The molecule has 7 nitrogen and oxygen atoms in total. The second kappa shape index (κ2) is 8.73. The first-order chi connectivity index (χ1) is 13.8. The first-order valence-corrected chi connectivity index (χ1v) is 10.7. The smallest absolute Gasteiger partial charge is 0.263 e. The molecule has 0 aliphatic carbocycles. The lowest BCUT2D eigenvalue weighted by molar-refractivity contribution is -0.125. The van der Waals surface area contributed by atoms with Crippen molar-refractivity contribution in [3.05, 3.63) is 48.2 Å². The summed E-state index contributed by atoms with van der Waals surface area (Å²) in [6.45, 7) is 3.68. The van der Waals surface area contributed by atoms with Crippen LogP contribution in [0.1, 0.15) is 19.8 Å². The molecule has 1 amide bonds. The van der Waals surface area contributed by atoms with Crippen molar-refractivity contribution in [2.24, 2.45) is 5.92 Å². The molecule has 2 heterocycles. The molecule has 156 valence electrons. The largest absolute Gasteiger partial charge is 0.356 e. The third kappa shape index (κ3) is 5.00. The first-order valence-electron chi connectivity index (χ1n) is 9.26. The second-order valence-corrected chi connectivity index (χ2v) is 8.45. The van der Waals surface area contributed by atoms with Crippen molar-refractivity contribution in [3.8, 4) is 0 Å². The van der Waals surface area contributed by atoms with Crippen molar-refractivity contribution in [1.82, 2.24) is 10.3 Å². The molecule has 10 heteroatoms. The third-order valence-corrected chi connectivity index (χ3v) is 6.04. The van der Waals surface area contributed by atoms with Crippen molar-refractivity contribution in [3.63, 3.8) is 0 Å². The van der Waals surface area contributed by atoms with Crippen LogP contribution in [-0.4, -0.2) is 38.9 Å². The van der Waals surface area contributed by atoms with E-state index >= 15 is 0 Å². The van der Waals surface area contributed by atoms with Crippen LogP contribution in [-0.2, 0) is 14.8 Å². The van der Waals surface area contributed by atoms with E-state index in [4.69, 9.17) is 0 Å². The van der Waals surface area contributed by atoms with Gasteiger partial charge in [0.25, 0.3) is 10.0 Å². The normalized spacial score (nSPS) is 17.1. The van der Waals surface area contributed by atoms with Gasteiger partial charge in [-0.15, -0.1) is 0 Å². The number of nitrogens with one attached hydrogen (secondary N) is 2. The van der Waals surface area contributed by atoms with Crippen molar-refractivity contribution < 1.29 is 22.0 Å². The van der Waals surface area contributed by atoms with Crippen LogP contribution in [0, 0.1) is 17.6 Å². The molecular weight excluding hydrogens is 402 g/mol. The fraction of sp³-hybridized carbons (Fsp3) is 0.368. The number of halogens is 2. The van der Waals surface area contributed by atoms with Crippen LogP contribution >= 0.6 is 0 Å². The standard InChI is InChI=1S/C19H22F2N4O3S/c1-2-22-19(26)13-4-3-9-25(12-13)18-8-6-15(11-23-18)29(27,28)24-14-5-7-16(20)17(21)10-14/h5-8,10-11,13,24H,2-4,9,12H2,1H3,(H,22,26). The monoisotopic (exact) mass is 424 g/mol. The Balaban J connectivity index is 1.71. The zero-order valence-electron chi connectivity index (χ0n) is 15.9. The third-order valence-electron chi connectivity index (χ3n) is 4.67. The van der Waals surface area contributed by atoms with E-state index < -0.39 is 21.7 Å². The Bertz CT molecular complexity index is 983. The van der Waals surface area contributed by atoms with Gasteiger partial charge in [-0.2, -0.15) is 0 Å². The highest BCUT2D eigenvalue weighted by molar-refractivity contribution is 7.92. The van der Waals surface area contributed by atoms with E-state index in [9.17, 15) is 22.0 Å². The van der Waals surface area contributed by atoms with Crippen LogP contribution in [0.4, 0.5) is 20.3 Å². The number of sulfonamides is 1. The molecule has 1 atom stereocenters. The minimum Gasteiger partial charge on any atom is -0.356 e. The number of piperidine rings is 1. The van der Waals surface area contributed by atoms with Crippen molar-refractivity contribution in [1.29, 1.82) is 0 Å². The summed E-state index contributed by atoms with van der Waals surface area (Å²) < 4.78 is 53.4. The number of aromatic nitrogens is 1. The van der Waals surface area contributed by atoms with E-state index in [-0.39, 0.29) is 22.4 Å². The maximum Gasteiger partial charge on any atom is 0.263 e. The number of benzene rings is 1. The van der Waals surface area contributed by atoms with Gasteiger partial charge >= 0.3 is 0 Å². The minimum absolute atomic E-state index is 0.00660. The maximum atomic E-state index is 13.3. The van der Waals surface area contributed by atoms with Gasteiger partial charge in [-0.3, -0.25) is 9.52 Å². The van der Waals surface area contributed by atoms with Gasteiger partial charge in [0.2, 0.25) is 5.91 Å². The fourth-order valence-electron chi connectivity index (χ4n) is 3.21. The number of amides is 1. The van der Waals surface area contributed by atoms with E-state index in [0.717, 1.165) is 37.6 Å². The Morgan fingerprint density at radius 3 is 2.69 bits per heavy atom. The van der Waals surface area contributed by atoms with Gasteiger partial charge < -0.3 is 10.2 Å². The van der Waals surface area contributed by atoms with Crippen molar-refractivity contribution in [2.75, 3.05) is 29.3 Å². The summed E-state index contributed by atoms with van der Waals surface area (Å²) in [6.07, 6.45) is 2.83. The van der Waals surface area contributed by atoms with Gasteiger partial charge in [0.15, 0.2) is 11.6 Å². The molecule has 1 aromatic heterocycles. The Kier molecular flexibility index (Phi) is 6.31. The lowest BCUT2D eigenvalue weighted by Crippen LogP contribution is -2.43. The highest BCUT2D eigenvalue weighted by Gasteiger charge is 2.26. The molecule has 0 saturated carbocycles. The summed E-state index contributed by atoms with van der Waals surface area (Å²) in [5.74, 6) is -1.77. The molecule has 0 spiro atoms. The molecule has 1 aliphatic heterocycles. The predicted molar refractivity (Wildman–Crippen MR) is 105 cm³/mol. The summed E-state index contributed by atoms with van der Waals surface area (Å²) in [6, 6.07) is 5.70. The SMILES string of the molecule is CCNC(=O)C1CCCN(c2ccc(S(=O)(=O)Nc3ccc(F)c(F)c3)cn2)C1. The number of pyridine rings is 1. The first kappa shape index (κ1) is 21.0. The van der Waals surface area contributed by atoms with E-state index in [0.29, 0.717) is 18.9 Å². The van der Waals surface area contributed by atoms with Crippen LogP contribution in [0.15, 0.2) is 41.4 Å². The molecule has 3 rings (SSSR count).